The van der Waals surface area contributed by atoms with E-state index in [1.165, 1.54) is 12.8 Å². The number of halogens is 1. The van der Waals surface area contributed by atoms with Gasteiger partial charge in [0.1, 0.15) is 5.82 Å². The Morgan fingerprint density at radius 1 is 1.15 bits per heavy atom. The van der Waals surface area contributed by atoms with Crippen LogP contribution in [0, 0.1) is 5.92 Å². The van der Waals surface area contributed by atoms with Crippen LogP contribution in [0.2, 0.25) is 5.02 Å². The standard InChI is InChI=1S/C24H36ClN5O2S/c1-31-10-2-9-26-18-3-5-19(6-4-18)29-23-13-20(21(25)15-27-23)22-16-33-24(30-22)28-14-17-7-11-32-12-8-17/h13,15-19,26H,2-12,14H2,1H3,(H,27,29)(H,28,30). The van der Waals surface area contributed by atoms with Crippen LogP contribution >= 0.6 is 22.9 Å². The first-order chi connectivity index (χ1) is 16.2. The summed E-state index contributed by atoms with van der Waals surface area (Å²) < 4.78 is 10.6. The third kappa shape index (κ3) is 7.52. The Balaban J connectivity index is 1.28. The summed E-state index contributed by atoms with van der Waals surface area (Å²) in [5, 5.41) is 14.4. The van der Waals surface area contributed by atoms with Crippen molar-refractivity contribution in [2.75, 3.05) is 50.7 Å². The minimum Gasteiger partial charge on any atom is -0.385 e. The molecule has 0 aromatic carbocycles. The normalized spacial score (nSPS) is 21.8. The molecule has 182 valence electrons. The number of rotatable bonds is 11. The second-order valence-corrected chi connectivity index (χ2v) is 10.3. The van der Waals surface area contributed by atoms with Crippen LogP contribution in [0.15, 0.2) is 17.6 Å². The molecular weight excluding hydrogens is 458 g/mol. The molecule has 0 atom stereocenters. The van der Waals surface area contributed by atoms with Gasteiger partial charge in [0, 0.05) is 62.7 Å². The molecule has 2 aliphatic rings. The van der Waals surface area contributed by atoms with Crippen LogP contribution in [-0.2, 0) is 9.47 Å². The van der Waals surface area contributed by atoms with Crippen molar-refractivity contribution in [3.63, 3.8) is 0 Å². The number of ether oxygens (including phenoxy) is 2. The monoisotopic (exact) mass is 493 g/mol. The Hall–Kier alpha value is -1.45. The van der Waals surface area contributed by atoms with Gasteiger partial charge < -0.3 is 25.4 Å². The smallest absolute Gasteiger partial charge is 0.183 e. The molecule has 2 fully saturated rings. The highest BCUT2D eigenvalue weighted by Crippen LogP contribution is 2.33. The molecular formula is C24H36ClN5O2S. The third-order valence-electron chi connectivity index (χ3n) is 6.56. The van der Waals surface area contributed by atoms with Crippen LogP contribution in [0.5, 0.6) is 0 Å². The molecule has 1 saturated carbocycles. The van der Waals surface area contributed by atoms with E-state index in [1.807, 2.05) is 6.07 Å². The van der Waals surface area contributed by atoms with Crippen LogP contribution in [0.1, 0.15) is 44.9 Å². The van der Waals surface area contributed by atoms with Gasteiger partial charge in [0.15, 0.2) is 5.13 Å². The van der Waals surface area contributed by atoms with Crippen molar-refractivity contribution in [3.8, 4) is 11.3 Å². The van der Waals surface area contributed by atoms with Crippen molar-refractivity contribution in [3.05, 3.63) is 22.7 Å². The van der Waals surface area contributed by atoms with E-state index in [4.69, 9.17) is 26.1 Å². The molecule has 2 aromatic heterocycles. The van der Waals surface area contributed by atoms with E-state index in [1.54, 1.807) is 24.6 Å². The summed E-state index contributed by atoms with van der Waals surface area (Å²) in [5.74, 6) is 1.53. The lowest BCUT2D eigenvalue weighted by molar-refractivity contribution is 0.0699. The summed E-state index contributed by atoms with van der Waals surface area (Å²) in [7, 11) is 1.76. The van der Waals surface area contributed by atoms with Crippen molar-refractivity contribution < 1.29 is 9.47 Å². The molecule has 3 N–H and O–H groups in total. The molecule has 1 saturated heterocycles. The topological polar surface area (TPSA) is 80.3 Å². The first kappa shape index (κ1) is 24.7. The number of methoxy groups -OCH3 is 1. The Morgan fingerprint density at radius 2 is 1.94 bits per heavy atom. The molecule has 4 rings (SSSR count). The fourth-order valence-electron chi connectivity index (χ4n) is 4.55. The first-order valence-electron chi connectivity index (χ1n) is 12.1. The molecule has 7 nitrogen and oxygen atoms in total. The summed E-state index contributed by atoms with van der Waals surface area (Å²) >= 11 is 8.12. The SMILES string of the molecule is COCCCNC1CCC(Nc2cc(-c3csc(NCC4CCOCC4)n3)c(Cl)cn2)CC1. The van der Waals surface area contributed by atoms with E-state index in [-0.39, 0.29) is 0 Å². The van der Waals surface area contributed by atoms with Crippen molar-refractivity contribution in [2.24, 2.45) is 5.92 Å². The number of anilines is 2. The second-order valence-electron chi connectivity index (χ2n) is 9.02. The maximum atomic E-state index is 6.49. The fourth-order valence-corrected chi connectivity index (χ4v) is 5.47. The van der Waals surface area contributed by atoms with Gasteiger partial charge in [-0.2, -0.15) is 0 Å². The molecule has 9 heteroatoms. The number of aromatic nitrogens is 2. The fraction of sp³-hybridized carbons (Fsp3) is 0.667. The molecule has 2 aromatic rings. The number of nitrogens with one attached hydrogen (secondary N) is 3. The van der Waals surface area contributed by atoms with Gasteiger partial charge in [-0.1, -0.05) is 11.6 Å². The van der Waals surface area contributed by atoms with Gasteiger partial charge in [-0.25, -0.2) is 9.97 Å². The number of hydrogen-bond donors (Lipinski definition) is 3. The zero-order chi connectivity index (χ0) is 22.9. The van der Waals surface area contributed by atoms with Gasteiger partial charge in [-0.05, 0) is 63.5 Å². The Kier molecular flexibility index (Phi) is 9.61. The maximum Gasteiger partial charge on any atom is 0.183 e. The van der Waals surface area contributed by atoms with Crippen molar-refractivity contribution in [1.82, 2.24) is 15.3 Å². The first-order valence-corrected chi connectivity index (χ1v) is 13.4. The average Bonchev–Trinajstić information content (AvgIpc) is 3.32. The van der Waals surface area contributed by atoms with E-state index < -0.39 is 0 Å². The van der Waals surface area contributed by atoms with E-state index in [9.17, 15) is 0 Å². The highest BCUT2D eigenvalue weighted by atomic mass is 35.5. The average molecular weight is 494 g/mol. The van der Waals surface area contributed by atoms with Crippen molar-refractivity contribution in [1.29, 1.82) is 0 Å². The summed E-state index contributed by atoms with van der Waals surface area (Å²) in [6.45, 7) is 4.52. The van der Waals surface area contributed by atoms with Gasteiger partial charge in [-0.3, -0.25) is 0 Å². The molecule has 0 unspecified atom stereocenters. The second kappa shape index (κ2) is 12.9. The van der Waals surface area contributed by atoms with Crippen LogP contribution in [0.3, 0.4) is 0 Å². The quantitative estimate of drug-likeness (QED) is 0.378. The summed E-state index contributed by atoms with van der Waals surface area (Å²) in [4.78, 5) is 9.31. The number of hydrogen-bond acceptors (Lipinski definition) is 8. The Labute approximate surface area is 206 Å². The lowest BCUT2D eigenvalue weighted by Gasteiger charge is -2.30. The van der Waals surface area contributed by atoms with Crippen LogP contribution in [0.4, 0.5) is 10.9 Å². The minimum atomic E-state index is 0.440. The van der Waals surface area contributed by atoms with E-state index in [0.29, 0.717) is 23.0 Å². The van der Waals surface area contributed by atoms with Gasteiger partial charge in [0.25, 0.3) is 0 Å². The van der Waals surface area contributed by atoms with Crippen LogP contribution < -0.4 is 16.0 Å². The van der Waals surface area contributed by atoms with Crippen molar-refractivity contribution >= 4 is 33.9 Å². The summed E-state index contributed by atoms with van der Waals surface area (Å²) in [6, 6.07) is 3.08. The zero-order valence-electron chi connectivity index (χ0n) is 19.4. The summed E-state index contributed by atoms with van der Waals surface area (Å²) in [6.07, 6.45) is 9.66. The predicted molar refractivity (Wildman–Crippen MR) is 137 cm³/mol. The van der Waals surface area contributed by atoms with Gasteiger partial charge in [0.05, 0.1) is 10.7 Å². The number of thiazole rings is 1. The largest absolute Gasteiger partial charge is 0.385 e. The molecule has 0 amide bonds. The lowest BCUT2D eigenvalue weighted by atomic mass is 9.91. The highest BCUT2D eigenvalue weighted by Gasteiger charge is 2.21. The molecule has 0 spiro atoms. The Morgan fingerprint density at radius 3 is 2.73 bits per heavy atom. The predicted octanol–water partition coefficient (Wildman–Crippen LogP) is 5.05. The lowest BCUT2D eigenvalue weighted by Crippen LogP contribution is -2.37. The maximum absolute atomic E-state index is 6.49. The third-order valence-corrected chi connectivity index (χ3v) is 7.66. The summed E-state index contributed by atoms with van der Waals surface area (Å²) in [5.41, 5.74) is 1.83. The van der Waals surface area contributed by atoms with E-state index >= 15 is 0 Å². The molecule has 1 aliphatic carbocycles. The molecule has 1 aliphatic heterocycles. The Bertz CT molecular complexity index is 853. The van der Waals surface area contributed by atoms with Gasteiger partial charge in [-0.15, -0.1) is 11.3 Å². The number of pyridine rings is 1. The van der Waals surface area contributed by atoms with E-state index in [2.05, 4.69) is 26.3 Å². The molecule has 33 heavy (non-hydrogen) atoms. The minimum absolute atomic E-state index is 0.440. The van der Waals surface area contributed by atoms with Gasteiger partial charge in [0.2, 0.25) is 0 Å². The van der Waals surface area contributed by atoms with Crippen LogP contribution in [0.25, 0.3) is 11.3 Å². The van der Waals surface area contributed by atoms with E-state index in [0.717, 1.165) is 87.2 Å². The van der Waals surface area contributed by atoms with Crippen LogP contribution in [-0.4, -0.2) is 62.1 Å². The van der Waals surface area contributed by atoms with Gasteiger partial charge >= 0.3 is 0 Å². The highest BCUT2D eigenvalue weighted by molar-refractivity contribution is 7.14. The molecule has 3 heterocycles. The van der Waals surface area contributed by atoms with Crippen molar-refractivity contribution in [2.45, 2.75) is 57.0 Å². The number of nitrogens with zero attached hydrogens (tertiary/aromatic N) is 2. The zero-order valence-corrected chi connectivity index (χ0v) is 21.0. The molecule has 0 radical (unpaired) electrons. The molecule has 0 bridgehead atoms.